The lowest BCUT2D eigenvalue weighted by atomic mass is 9.82. The van der Waals surface area contributed by atoms with E-state index in [9.17, 15) is 0 Å². The van der Waals surface area contributed by atoms with Gasteiger partial charge in [-0.05, 0) is 129 Å². The Kier molecular flexibility index (Phi) is 8.16. The Morgan fingerprint density at radius 3 is 1.36 bits per heavy atom. The number of hydrogen-bond acceptors (Lipinski definition) is 1. The number of rotatable bonds is 6. The minimum Gasteiger partial charge on any atom is -0.310 e. The summed E-state index contributed by atoms with van der Waals surface area (Å²) in [5.74, 6) is 0. The van der Waals surface area contributed by atoms with Crippen molar-refractivity contribution >= 4 is 70.7 Å². The van der Waals surface area contributed by atoms with Crippen LogP contribution in [0.15, 0.2) is 191 Å². The van der Waals surface area contributed by atoms with Crippen LogP contribution in [0.4, 0.5) is 17.1 Å². The molecule has 0 fully saturated rings. The predicted molar refractivity (Wildman–Crippen MR) is 239 cm³/mol. The molecule has 1 heterocycles. The van der Waals surface area contributed by atoms with Gasteiger partial charge in [-0.15, -0.1) is 0 Å². The molecule has 9 aromatic rings. The van der Waals surface area contributed by atoms with E-state index in [1.165, 1.54) is 72.0 Å². The van der Waals surface area contributed by atoms with E-state index in [2.05, 4.69) is 237 Å². The van der Waals surface area contributed by atoms with Gasteiger partial charge in [0.2, 0.25) is 0 Å². The summed E-state index contributed by atoms with van der Waals surface area (Å²) in [6, 6.07) is 66.3. The fraction of sp³-hybridized carbons (Fsp3) is 0.0588. The van der Waals surface area contributed by atoms with Crippen molar-refractivity contribution in [3.05, 3.63) is 202 Å². The first-order valence-electron chi connectivity index (χ1n) is 18.6. The van der Waals surface area contributed by atoms with Crippen molar-refractivity contribution in [3.63, 3.8) is 0 Å². The van der Waals surface area contributed by atoms with Gasteiger partial charge < -0.3 is 9.47 Å². The molecule has 1 aliphatic rings. The van der Waals surface area contributed by atoms with Gasteiger partial charge in [0.15, 0.2) is 0 Å². The number of anilines is 3. The predicted octanol–water partition coefficient (Wildman–Crippen LogP) is 15.4. The van der Waals surface area contributed by atoms with Crippen LogP contribution in [0.2, 0.25) is 0 Å². The molecular weight excluding hydrogens is 800 g/mol. The van der Waals surface area contributed by atoms with Gasteiger partial charge in [-0.25, -0.2) is 0 Å². The summed E-state index contributed by atoms with van der Waals surface area (Å²) in [6.45, 7) is 4.75. The number of aromatic nitrogens is 1. The second-order valence-electron chi connectivity index (χ2n) is 14.9. The quantitative estimate of drug-likeness (QED) is 0.162. The molecule has 0 saturated carbocycles. The molecule has 0 spiro atoms. The summed E-state index contributed by atoms with van der Waals surface area (Å²) in [4.78, 5) is 2.39. The Hall–Kier alpha value is -5.68. The van der Waals surface area contributed by atoms with E-state index < -0.39 is 0 Å². The molecule has 8 aromatic carbocycles. The summed E-state index contributed by atoms with van der Waals surface area (Å²) in [6.07, 6.45) is 0. The highest BCUT2D eigenvalue weighted by atomic mass is 79.9. The van der Waals surface area contributed by atoms with Crippen molar-refractivity contribution in [1.29, 1.82) is 0 Å². The Bertz CT molecular complexity index is 2750. The maximum absolute atomic E-state index is 3.72. The average molecular weight is 837 g/mol. The minimum atomic E-state index is -0.221. The van der Waals surface area contributed by atoms with Gasteiger partial charge in [0, 0.05) is 47.9 Å². The number of nitrogens with zero attached hydrogens (tertiary/aromatic N) is 2. The Labute approximate surface area is 338 Å². The van der Waals surface area contributed by atoms with Gasteiger partial charge in [-0.1, -0.05) is 143 Å². The van der Waals surface area contributed by atoms with Crippen molar-refractivity contribution in [1.82, 2.24) is 4.57 Å². The lowest BCUT2D eigenvalue weighted by molar-refractivity contribution is 0.660. The zero-order valence-electron chi connectivity index (χ0n) is 30.5. The molecule has 0 aliphatic heterocycles. The SMILES string of the molecule is CC1(C)c2cc(N(c3ccc(-c4ccccc4)cc3)c3ccc(-c4ccccc4)cc3)ccc2-c2ccc(-n3c4ccc(Br)cc4c4cc(Br)ccc43)cc21. The monoisotopic (exact) mass is 834 g/mol. The standard InChI is InChI=1S/C51H36Br2N2/c1-51(2)47-31-41(54(39-19-13-35(14-20-39)33-9-5-3-6-10-33)40-21-15-36(16-22-40)34-11-7-4-8-12-34)23-25-43(47)44-26-24-42(32-48(44)51)55-49-27-17-37(52)29-45(49)46-30-38(53)18-28-50(46)55/h3-32H,1-2H3. The Morgan fingerprint density at radius 2 is 0.855 bits per heavy atom. The summed E-state index contributed by atoms with van der Waals surface area (Å²) in [5, 5.41) is 2.46. The van der Waals surface area contributed by atoms with E-state index >= 15 is 0 Å². The second-order valence-corrected chi connectivity index (χ2v) is 16.7. The van der Waals surface area contributed by atoms with Gasteiger partial charge in [0.1, 0.15) is 0 Å². The highest BCUT2D eigenvalue weighted by Crippen LogP contribution is 2.52. The Morgan fingerprint density at radius 1 is 0.418 bits per heavy atom. The second kappa shape index (κ2) is 13.3. The highest BCUT2D eigenvalue weighted by Gasteiger charge is 2.36. The summed E-state index contributed by atoms with van der Waals surface area (Å²) in [5.41, 5.74) is 16.8. The van der Waals surface area contributed by atoms with Crippen molar-refractivity contribution in [3.8, 4) is 39.1 Å². The third-order valence-corrected chi connectivity index (χ3v) is 12.3. The van der Waals surface area contributed by atoms with Crippen LogP contribution in [-0.2, 0) is 5.41 Å². The van der Waals surface area contributed by atoms with Crippen molar-refractivity contribution < 1.29 is 0 Å². The van der Waals surface area contributed by atoms with Crippen LogP contribution in [0, 0.1) is 0 Å². The Balaban J connectivity index is 1.08. The van der Waals surface area contributed by atoms with Crippen LogP contribution >= 0.6 is 31.9 Å². The molecule has 10 rings (SSSR count). The maximum atomic E-state index is 3.72. The van der Waals surface area contributed by atoms with Gasteiger partial charge in [0.25, 0.3) is 0 Å². The molecule has 264 valence electrons. The largest absolute Gasteiger partial charge is 0.310 e. The third-order valence-electron chi connectivity index (χ3n) is 11.3. The van der Waals surface area contributed by atoms with Crippen LogP contribution < -0.4 is 4.90 Å². The lowest BCUT2D eigenvalue weighted by Crippen LogP contribution is -2.17. The fourth-order valence-corrected chi connectivity index (χ4v) is 9.27. The third kappa shape index (κ3) is 5.75. The van der Waals surface area contributed by atoms with E-state index in [-0.39, 0.29) is 5.41 Å². The fourth-order valence-electron chi connectivity index (χ4n) is 8.55. The van der Waals surface area contributed by atoms with E-state index in [4.69, 9.17) is 0 Å². The van der Waals surface area contributed by atoms with Gasteiger partial charge in [0.05, 0.1) is 11.0 Å². The van der Waals surface area contributed by atoms with Crippen molar-refractivity contribution in [2.75, 3.05) is 4.90 Å². The van der Waals surface area contributed by atoms with Crippen molar-refractivity contribution in [2.45, 2.75) is 19.3 Å². The first-order valence-corrected chi connectivity index (χ1v) is 20.2. The lowest BCUT2D eigenvalue weighted by Gasteiger charge is -2.28. The number of benzene rings is 8. The van der Waals surface area contributed by atoms with Crippen LogP contribution in [0.3, 0.4) is 0 Å². The minimum absolute atomic E-state index is 0.221. The van der Waals surface area contributed by atoms with Crippen LogP contribution in [0.5, 0.6) is 0 Å². The average Bonchev–Trinajstić information content (AvgIpc) is 3.65. The molecule has 2 nitrogen and oxygen atoms in total. The molecular formula is C51H36Br2N2. The van der Waals surface area contributed by atoms with Gasteiger partial charge >= 0.3 is 0 Å². The molecule has 0 atom stereocenters. The molecule has 0 bridgehead atoms. The van der Waals surface area contributed by atoms with Gasteiger partial charge in [-0.2, -0.15) is 0 Å². The summed E-state index contributed by atoms with van der Waals surface area (Å²) < 4.78 is 4.57. The van der Waals surface area contributed by atoms with Crippen molar-refractivity contribution in [2.24, 2.45) is 0 Å². The molecule has 4 heteroatoms. The van der Waals surface area contributed by atoms with E-state index in [1.54, 1.807) is 0 Å². The zero-order valence-corrected chi connectivity index (χ0v) is 33.6. The summed E-state index contributed by atoms with van der Waals surface area (Å²) >= 11 is 7.44. The number of hydrogen-bond donors (Lipinski definition) is 0. The first-order chi connectivity index (χ1) is 26.8. The normalized spacial score (nSPS) is 12.9. The van der Waals surface area contributed by atoms with E-state index in [0.717, 1.165) is 26.0 Å². The molecule has 0 radical (unpaired) electrons. The zero-order chi connectivity index (χ0) is 37.3. The van der Waals surface area contributed by atoms with Crippen LogP contribution in [-0.4, -0.2) is 4.57 Å². The topological polar surface area (TPSA) is 8.17 Å². The van der Waals surface area contributed by atoms with Crippen LogP contribution in [0.25, 0.3) is 60.9 Å². The van der Waals surface area contributed by atoms with Crippen LogP contribution in [0.1, 0.15) is 25.0 Å². The maximum Gasteiger partial charge on any atom is 0.0541 e. The van der Waals surface area contributed by atoms with E-state index in [1.807, 2.05) is 0 Å². The molecule has 0 saturated heterocycles. The van der Waals surface area contributed by atoms with Gasteiger partial charge in [-0.3, -0.25) is 0 Å². The molecule has 0 unspecified atom stereocenters. The number of fused-ring (bicyclic) bond motifs is 6. The highest BCUT2D eigenvalue weighted by molar-refractivity contribution is 9.10. The molecule has 1 aromatic heterocycles. The molecule has 0 amide bonds. The smallest absolute Gasteiger partial charge is 0.0541 e. The molecule has 0 N–H and O–H groups in total. The number of halogens is 2. The first kappa shape index (κ1) is 33.9. The molecule has 1 aliphatic carbocycles. The molecule has 55 heavy (non-hydrogen) atoms. The summed E-state index contributed by atoms with van der Waals surface area (Å²) in [7, 11) is 0. The van der Waals surface area contributed by atoms with E-state index in [0.29, 0.717) is 0 Å².